The summed E-state index contributed by atoms with van der Waals surface area (Å²) in [7, 11) is 0. The molecule has 0 N–H and O–H groups in total. The molecule has 0 spiro atoms. The highest BCUT2D eigenvalue weighted by Gasteiger charge is 2.20. The van der Waals surface area contributed by atoms with Gasteiger partial charge in [-0.15, -0.1) is 10.2 Å². The molecule has 4 heterocycles. The molecule has 4 aromatic rings. The Kier molecular flexibility index (Phi) is 4.89. The van der Waals surface area contributed by atoms with Gasteiger partial charge in [0.15, 0.2) is 28.3 Å². The first-order valence-electron chi connectivity index (χ1n) is 9.05. The van der Waals surface area contributed by atoms with Gasteiger partial charge in [0.1, 0.15) is 11.5 Å². The van der Waals surface area contributed by atoms with Crippen LogP contribution < -0.4 is 9.47 Å². The molecule has 0 saturated heterocycles. The van der Waals surface area contributed by atoms with Gasteiger partial charge in [-0.05, 0) is 30.3 Å². The number of fused-ring (bicyclic) bond motifs is 1. The van der Waals surface area contributed by atoms with E-state index in [4.69, 9.17) is 13.9 Å². The molecule has 0 unspecified atom stereocenters. The number of carbonyl (C=O) groups is 1. The Bertz CT molecular complexity index is 1180. The fraction of sp³-hybridized carbons (Fsp3) is 0.150. The minimum absolute atomic E-state index is 0.0492. The van der Waals surface area contributed by atoms with Gasteiger partial charge < -0.3 is 13.9 Å². The molecule has 3 aromatic heterocycles. The zero-order valence-corrected chi connectivity index (χ0v) is 16.4. The third kappa shape index (κ3) is 3.64. The highest BCUT2D eigenvalue weighted by Crippen LogP contribution is 2.33. The van der Waals surface area contributed by atoms with Crippen LogP contribution in [-0.4, -0.2) is 43.1 Å². The van der Waals surface area contributed by atoms with Gasteiger partial charge in [-0.3, -0.25) is 14.3 Å². The molecule has 1 aliphatic heterocycles. The quantitative estimate of drug-likeness (QED) is 0.329. The van der Waals surface area contributed by atoms with Crippen molar-refractivity contribution in [3.05, 3.63) is 66.5 Å². The third-order valence-corrected chi connectivity index (χ3v) is 5.40. The average molecular weight is 421 g/mol. The molecule has 0 fully saturated rings. The molecular weight excluding hydrogens is 406 g/mol. The van der Waals surface area contributed by atoms with E-state index in [1.54, 1.807) is 43.1 Å². The van der Waals surface area contributed by atoms with Crippen molar-refractivity contribution in [1.82, 2.24) is 24.7 Å². The van der Waals surface area contributed by atoms with E-state index in [0.717, 1.165) is 5.76 Å². The lowest BCUT2D eigenvalue weighted by atomic mass is 10.1. The number of thioether (sulfide) groups is 1. The van der Waals surface area contributed by atoms with Crippen molar-refractivity contribution in [2.75, 3.05) is 12.5 Å². The van der Waals surface area contributed by atoms with Gasteiger partial charge in [-0.25, -0.2) is 4.98 Å². The van der Waals surface area contributed by atoms with Gasteiger partial charge in [-0.2, -0.15) is 0 Å². The number of ether oxygens (including phenoxy) is 2. The predicted octanol–water partition coefficient (Wildman–Crippen LogP) is 3.08. The number of carbonyl (C=O) groups excluding carboxylic acids is 1. The number of benzene rings is 1. The van der Waals surface area contributed by atoms with Crippen LogP contribution in [0, 0.1) is 0 Å². The average Bonchev–Trinajstić information content (AvgIpc) is 3.54. The second-order valence-electron chi connectivity index (χ2n) is 6.34. The van der Waals surface area contributed by atoms with Gasteiger partial charge in [-0.1, -0.05) is 11.8 Å². The topological polar surface area (TPSA) is 105 Å². The third-order valence-electron chi connectivity index (χ3n) is 4.43. The first-order chi connectivity index (χ1) is 14.8. The molecule has 0 saturated carbocycles. The first-order valence-corrected chi connectivity index (χ1v) is 10.0. The largest absolute Gasteiger partial charge is 0.467 e. The normalized spacial score (nSPS) is 12.3. The van der Waals surface area contributed by atoms with Gasteiger partial charge in [0.2, 0.25) is 6.79 Å². The van der Waals surface area contributed by atoms with E-state index in [9.17, 15) is 4.79 Å². The molecule has 10 heteroatoms. The van der Waals surface area contributed by atoms with Crippen molar-refractivity contribution >= 4 is 17.5 Å². The van der Waals surface area contributed by atoms with E-state index in [1.165, 1.54) is 11.8 Å². The second-order valence-corrected chi connectivity index (χ2v) is 7.28. The van der Waals surface area contributed by atoms with Crippen LogP contribution in [0.5, 0.6) is 11.5 Å². The van der Waals surface area contributed by atoms with Crippen LogP contribution in [0.4, 0.5) is 0 Å². The number of hydrogen-bond donors (Lipinski definition) is 0. The van der Waals surface area contributed by atoms with Crippen molar-refractivity contribution in [1.29, 1.82) is 0 Å². The first kappa shape index (κ1) is 18.4. The van der Waals surface area contributed by atoms with E-state index < -0.39 is 0 Å². The molecule has 150 valence electrons. The Morgan fingerprint density at radius 1 is 1.13 bits per heavy atom. The number of hydrogen-bond acceptors (Lipinski definition) is 9. The van der Waals surface area contributed by atoms with Gasteiger partial charge in [0.05, 0.1) is 24.8 Å². The Labute approximate surface area is 175 Å². The molecular formula is C20H15N5O4S. The Balaban J connectivity index is 1.38. The Morgan fingerprint density at radius 2 is 2.07 bits per heavy atom. The summed E-state index contributed by atoms with van der Waals surface area (Å²) in [4.78, 5) is 21.1. The lowest BCUT2D eigenvalue weighted by Gasteiger charge is -2.08. The number of ketones is 1. The summed E-state index contributed by atoms with van der Waals surface area (Å²) in [5.74, 6) is 2.66. The van der Waals surface area contributed by atoms with Gasteiger partial charge >= 0.3 is 0 Å². The van der Waals surface area contributed by atoms with Crippen molar-refractivity contribution in [2.24, 2.45) is 0 Å². The van der Waals surface area contributed by atoms with E-state index >= 15 is 0 Å². The lowest BCUT2D eigenvalue weighted by Crippen LogP contribution is -2.07. The second kappa shape index (κ2) is 7.99. The molecule has 0 aliphatic carbocycles. The number of rotatable bonds is 7. The van der Waals surface area contributed by atoms with E-state index in [2.05, 4.69) is 20.2 Å². The number of nitrogens with zero attached hydrogens (tertiary/aromatic N) is 5. The zero-order chi connectivity index (χ0) is 20.3. The summed E-state index contributed by atoms with van der Waals surface area (Å²) in [6.07, 6.45) is 6.42. The van der Waals surface area contributed by atoms with Gasteiger partial charge in [0, 0.05) is 18.0 Å². The van der Waals surface area contributed by atoms with Crippen molar-refractivity contribution in [3.63, 3.8) is 0 Å². The van der Waals surface area contributed by atoms with Crippen LogP contribution in [0.3, 0.4) is 0 Å². The van der Waals surface area contributed by atoms with Crippen LogP contribution in [0.1, 0.15) is 16.1 Å². The van der Waals surface area contributed by atoms with Crippen LogP contribution in [-0.2, 0) is 6.54 Å². The fourth-order valence-corrected chi connectivity index (χ4v) is 3.82. The summed E-state index contributed by atoms with van der Waals surface area (Å²) in [6, 6.07) is 8.86. The SMILES string of the molecule is O=C(CSc1nnc(-c2cnccn2)n1Cc1ccco1)c1ccc2c(c1)OCO2. The summed E-state index contributed by atoms with van der Waals surface area (Å²) in [5, 5.41) is 9.12. The predicted molar refractivity (Wildman–Crippen MR) is 106 cm³/mol. The maximum absolute atomic E-state index is 12.7. The highest BCUT2D eigenvalue weighted by atomic mass is 32.2. The molecule has 0 amide bonds. The summed E-state index contributed by atoms with van der Waals surface area (Å²) in [5.41, 5.74) is 1.14. The highest BCUT2D eigenvalue weighted by molar-refractivity contribution is 7.99. The molecule has 0 atom stereocenters. The monoisotopic (exact) mass is 421 g/mol. The molecule has 1 aromatic carbocycles. The van der Waals surface area contributed by atoms with E-state index in [-0.39, 0.29) is 18.3 Å². The minimum atomic E-state index is -0.0492. The summed E-state index contributed by atoms with van der Waals surface area (Å²) >= 11 is 1.30. The summed E-state index contributed by atoms with van der Waals surface area (Å²) < 4.78 is 18.0. The molecule has 0 radical (unpaired) electrons. The Hall–Kier alpha value is -3.66. The van der Waals surface area contributed by atoms with E-state index in [1.807, 2.05) is 16.7 Å². The van der Waals surface area contributed by atoms with Crippen molar-refractivity contribution < 1.29 is 18.7 Å². The molecule has 0 bridgehead atoms. The minimum Gasteiger partial charge on any atom is -0.467 e. The molecule has 1 aliphatic rings. The number of Topliss-reactive ketones (excluding diaryl/α,β-unsaturated/α-hetero) is 1. The van der Waals surface area contributed by atoms with Crippen LogP contribution in [0.15, 0.2) is 64.8 Å². The number of furan rings is 1. The molecule has 30 heavy (non-hydrogen) atoms. The van der Waals surface area contributed by atoms with Crippen LogP contribution in [0.2, 0.25) is 0 Å². The zero-order valence-electron chi connectivity index (χ0n) is 15.6. The maximum Gasteiger partial charge on any atom is 0.231 e. The number of aromatic nitrogens is 5. The maximum atomic E-state index is 12.7. The smallest absolute Gasteiger partial charge is 0.231 e. The molecule has 9 nitrogen and oxygen atoms in total. The Morgan fingerprint density at radius 3 is 2.90 bits per heavy atom. The fourth-order valence-electron chi connectivity index (χ4n) is 2.98. The lowest BCUT2D eigenvalue weighted by molar-refractivity contribution is 0.102. The van der Waals surface area contributed by atoms with Crippen LogP contribution in [0.25, 0.3) is 11.5 Å². The summed E-state index contributed by atoms with van der Waals surface area (Å²) in [6.45, 7) is 0.579. The standard InChI is InChI=1S/C20H15N5O4S/c26-16(13-3-4-17-18(8-13)29-12-28-17)11-30-20-24-23-19(15-9-21-5-6-22-15)25(20)10-14-2-1-7-27-14/h1-9H,10-12H2. The van der Waals surface area contributed by atoms with E-state index in [0.29, 0.717) is 40.3 Å². The van der Waals surface area contributed by atoms with Crippen molar-refractivity contribution in [2.45, 2.75) is 11.7 Å². The van der Waals surface area contributed by atoms with Gasteiger partial charge in [0.25, 0.3) is 0 Å². The molecule has 5 rings (SSSR count). The van der Waals surface area contributed by atoms with Crippen molar-refractivity contribution in [3.8, 4) is 23.0 Å². The van der Waals surface area contributed by atoms with Crippen LogP contribution >= 0.6 is 11.8 Å².